The first-order valence-electron chi connectivity index (χ1n) is 5.46. The summed E-state index contributed by atoms with van der Waals surface area (Å²) in [5.41, 5.74) is 0.984. The molecule has 0 saturated carbocycles. The van der Waals surface area contributed by atoms with E-state index in [0.717, 1.165) is 17.1 Å². The molecule has 0 unspecified atom stereocenters. The van der Waals surface area contributed by atoms with Gasteiger partial charge < -0.3 is 9.30 Å². The molecule has 1 aromatic heterocycles. The van der Waals surface area contributed by atoms with Gasteiger partial charge in [0.2, 0.25) is 0 Å². The highest BCUT2D eigenvalue weighted by Crippen LogP contribution is 2.22. The number of nitrogens with zero attached hydrogens (tertiary/aromatic N) is 2. The van der Waals surface area contributed by atoms with Crippen LogP contribution in [-0.4, -0.2) is 20.9 Å². The molecule has 0 radical (unpaired) electrons. The van der Waals surface area contributed by atoms with Gasteiger partial charge in [-0.2, -0.15) is 5.10 Å². The summed E-state index contributed by atoms with van der Waals surface area (Å²) in [5.74, 6) is 1.65. The van der Waals surface area contributed by atoms with Crippen molar-refractivity contribution in [2.24, 2.45) is 7.05 Å². The fourth-order valence-electron chi connectivity index (χ4n) is 1.59. The molecule has 0 bridgehead atoms. The first-order valence-corrected chi connectivity index (χ1v) is 5.87. The molecule has 90 valence electrons. The predicted octanol–water partition coefficient (Wildman–Crippen LogP) is 2.93. The SMILES string of the molecule is CC(C)Oc1cccc(-c2n[nH]c(=S)n2C)c1. The lowest BCUT2D eigenvalue weighted by atomic mass is 10.2. The third-order valence-corrected chi connectivity index (χ3v) is 2.71. The maximum absolute atomic E-state index is 5.65. The first kappa shape index (κ1) is 11.9. The summed E-state index contributed by atoms with van der Waals surface area (Å²) in [6.07, 6.45) is 0.160. The van der Waals surface area contributed by atoms with Crippen LogP contribution >= 0.6 is 12.2 Å². The Morgan fingerprint density at radius 3 is 2.76 bits per heavy atom. The summed E-state index contributed by atoms with van der Waals surface area (Å²) in [4.78, 5) is 0. The molecular weight excluding hydrogens is 234 g/mol. The molecule has 1 heterocycles. The van der Waals surface area contributed by atoms with Crippen molar-refractivity contribution in [2.75, 3.05) is 0 Å². The molecule has 0 aliphatic carbocycles. The lowest BCUT2D eigenvalue weighted by Crippen LogP contribution is -2.05. The normalized spacial score (nSPS) is 10.8. The lowest BCUT2D eigenvalue weighted by molar-refractivity contribution is 0.242. The molecule has 4 nitrogen and oxygen atoms in total. The minimum Gasteiger partial charge on any atom is -0.491 e. The molecule has 2 rings (SSSR count). The van der Waals surface area contributed by atoms with Crippen molar-refractivity contribution in [2.45, 2.75) is 20.0 Å². The van der Waals surface area contributed by atoms with Crippen LogP contribution in [0.3, 0.4) is 0 Å². The van der Waals surface area contributed by atoms with E-state index < -0.39 is 0 Å². The maximum atomic E-state index is 5.65. The summed E-state index contributed by atoms with van der Waals surface area (Å²) in [6, 6.07) is 7.83. The van der Waals surface area contributed by atoms with E-state index in [1.807, 2.05) is 49.7 Å². The second kappa shape index (κ2) is 4.71. The zero-order chi connectivity index (χ0) is 12.4. The number of aromatic nitrogens is 3. The number of nitrogens with one attached hydrogen (secondary N) is 1. The van der Waals surface area contributed by atoms with Crippen LogP contribution in [0.2, 0.25) is 0 Å². The van der Waals surface area contributed by atoms with Crippen LogP contribution in [0.4, 0.5) is 0 Å². The summed E-state index contributed by atoms with van der Waals surface area (Å²) >= 11 is 5.09. The van der Waals surface area contributed by atoms with Crippen LogP contribution < -0.4 is 4.74 Å². The van der Waals surface area contributed by atoms with E-state index in [1.165, 1.54) is 0 Å². The van der Waals surface area contributed by atoms with Gasteiger partial charge in [-0.25, -0.2) is 0 Å². The zero-order valence-electron chi connectivity index (χ0n) is 10.1. The molecule has 0 atom stereocenters. The van der Waals surface area contributed by atoms with Gasteiger partial charge in [-0.05, 0) is 38.2 Å². The van der Waals surface area contributed by atoms with Crippen molar-refractivity contribution in [3.05, 3.63) is 29.0 Å². The van der Waals surface area contributed by atoms with Gasteiger partial charge in [-0.3, -0.25) is 5.10 Å². The molecule has 17 heavy (non-hydrogen) atoms. The molecule has 5 heteroatoms. The Balaban J connectivity index is 2.39. The number of hydrogen-bond acceptors (Lipinski definition) is 3. The fourth-order valence-corrected chi connectivity index (χ4v) is 1.72. The van der Waals surface area contributed by atoms with E-state index in [9.17, 15) is 0 Å². The van der Waals surface area contributed by atoms with Crippen LogP contribution in [0.1, 0.15) is 13.8 Å². The van der Waals surface area contributed by atoms with Crippen LogP contribution in [0.25, 0.3) is 11.4 Å². The third-order valence-electron chi connectivity index (χ3n) is 2.34. The van der Waals surface area contributed by atoms with E-state index in [-0.39, 0.29) is 6.10 Å². The minimum atomic E-state index is 0.160. The van der Waals surface area contributed by atoms with Gasteiger partial charge in [0.25, 0.3) is 0 Å². The third kappa shape index (κ3) is 2.55. The van der Waals surface area contributed by atoms with Crippen molar-refractivity contribution >= 4 is 12.2 Å². The average Bonchev–Trinajstić information content (AvgIpc) is 2.59. The quantitative estimate of drug-likeness (QED) is 0.850. The largest absolute Gasteiger partial charge is 0.491 e. The van der Waals surface area contributed by atoms with E-state index in [2.05, 4.69) is 10.2 Å². The molecule has 0 aliphatic heterocycles. The topological polar surface area (TPSA) is 42.8 Å². The van der Waals surface area contributed by atoms with E-state index >= 15 is 0 Å². The van der Waals surface area contributed by atoms with Crippen LogP contribution in [0, 0.1) is 4.77 Å². The van der Waals surface area contributed by atoms with E-state index in [0.29, 0.717) is 4.77 Å². The van der Waals surface area contributed by atoms with Crippen LogP contribution in [-0.2, 0) is 7.05 Å². The summed E-state index contributed by atoms with van der Waals surface area (Å²) in [6.45, 7) is 4.01. The van der Waals surface area contributed by atoms with Crippen molar-refractivity contribution < 1.29 is 4.74 Å². The molecule has 0 fully saturated rings. The van der Waals surface area contributed by atoms with E-state index in [1.54, 1.807) is 0 Å². The summed E-state index contributed by atoms with van der Waals surface area (Å²) in [7, 11) is 1.89. The highest BCUT2D eigenvalue weighted by atomic mass is 32.1. The van der Waals surface area contributed by atoms with Gasteiger partial charge in [-0.15, -0.1) is 0 Å². The van der Waals surface area contributed by atoms with Crippen LogP contribution in [0.15, 0.2) is 24.3 Å². The van der Waals surface area contributed by atoms with Crippen molar-refractivity contribution in [3.63, 3.8) is 0 Å². The number of hydrogen-bond donors (Lipinski definition) is 1. The Hall–Kier alpha value is -1.62. The minimum absolute atomic E-state index is 0.160. The number of H-pyrrole nitrogens is 1. The monoisotopic (exact) mass is 249 g/mol. The highest BCUT2D eigenvalue weighted by molar-refractivity contribution is 7.71. The number of rotatable bonds is 3. The van der Waals surface area contributed by atoms with Gasteiger partial charge in [0.1, 0.15) is 5.75 Å². The van der Waals surface area contributed by atoms with Crippen LogP contribution in [0.5, 0.6) is 5.75 Å². The Morgan fingerprint density at radius 2 is 2.18 bits per heavy atom. The van der Waals surface area contributed by atoms with Gasteiger partial charge in [-0.1, -0.05) is 12.1 Å². The highest BCUT2D eigenvalue weighted by Gasteiger charge is 2.07. The summed E-state index contributed by atoms with van der Waals surface area (Å²) < 4.78 is 8.09. The van der Waals surface area contributed by atoms with Gasteiger partial charge in [0, 0.05) is 12.6 Å². The van der Waals surface area contributed by atoms with Gasteiger partial charge in [0.05, 0.1) is 6.10 Å². The first-order chi connectivity index (χ1) is 8.08. The number of benzene rings is 1. The molecule has 1 N–H and O–H groups in total. The van der Waals surface area contributed by atoms with Gasteiger partial charge >= 0.3 is 0 Å². The zero-order valence-corrected chi connectivity index (χ0v) is 10.9. The number of ether oxygens (including phenoxy) is 1. The molecule has 0 amide bonds. The number of aromatic amines is 1. The Bertz CT molecular complexity index is 571. The van der Waals surface area contributed by atoms with Crippen molar-refractivity contribution in [3.8, 4) is 17.1 Å². The Kier molecular flexibility index (Phi) is 3.28. The smallest absolute Gasteiger partial charge is 0.195 e. The molecule has 2 aromatic rings. The molecule has 0 aliphatic rings. The second-order valence-electron chi connectivity index (χ2n) is 4.11. The summed E-state index contributed by atoms with van der Waals surface area (Å²) in [5, 5.41) is 6.97. The predicted molar refractivity (Wildman–Crippen MR) is 69.6 cm³/mol. The average molecular weight is 249 g/mol. The molecule has 0 saturated heterocycles. The second-order valence-corrected chi connectivity index (χ2v) is 4.49. The fraction of sp³-hybridized carbons (Fsp3) is 0.333. The van der Waals surface area contributed by atoms with Crippen molar-refractivity contribution in [1.29, 1.82) is 0 Å². The van der Waals surface area contributed by atoms with E-state index in [4.69, 9.17) is 17.0 Å². The van der Waals surface area contributed by atoms with Crippen molar-refractivity contribution in [1.82, 2.24) is 14.8 Å². The molecular formula is C12H15N3OS. The Morgan fingerprint density at radius 1 is 1.41 bits per heavy atom. The lowest BCUT2D eigenvalue weighted by Gasteiger charge is -2.10. The van der Waals surface area contributed by atoms with Gasteiger partial charge in [0.15, 0.2) is 10.6 Å². The molecule has 1 aromatic carbocycles. The molecule has 0 spiro atoms. The standard InChI is InChI=1S/C12H15N3OS/c1-8(2)16-10-6-4-5-9(7-10)11-13-14-12(17)15(11)3/h4-8H,1-3H3,(H,14,17). The maximum Gasteiger partial charge on any atom is 0.195 e. The Labute approximate surface area is 105 Å².